The second kappa shape index (κ2) is 8.33. The monoisotopic (exact) mass is 402 g/mol. The summed E-state index contributed by atoms with van der Waals surface area (Å²) in [4.78, 5) is 21.0. The number of pyridine rings is 1. The number of likely N-dealkylation sites (tertiary alicyclic amines) is 1. The number of nitriles is 1. The molecule has 1 aliphatic heterocycles. The molecule has 8 nitrogen and oxygen atoms in total. The van der Waals surface area contributed by atoms with Crippen LogP contribution >= 0.6 is 0 Å². The zero-order valence-corrected chi connectivity index (χ0v) is 16.9. The topological polar surface area (TPSA) is 96.9 Å². The van der Waals surface area contributed by atoms with E-state index < -0.39 is 0 Å². The molecule has 0 spiro atoms. The van der Waals surface area contributed by atoms with Crippen molar-refractivity contribution in [3.63, 3.8) is 0 Å². The average Bonchev–Trinajstić information content (AvgIpc) is 3.29. The lowest BCUT2D eigenvalue weighted by Crippen LogP contribution is -2.49. The van der Waals surface area contributed by atoms with Gasteiger partial charge in [0.15, 0.2) is 0 Å². The Hall–Kier alpha value is -3.73. The molecule has 1 aliphatic rings. The van der Waals surface area contributed by atoms with Gasteiger partial charge in [0.25, 0.3) is 5.91 Å². The molecule has 1 saturated heterocycles. The maximum Gasteiger partial charge on any atom is 0.256 e. The molecular weight excluding hydrogens is 380 g/mol. The van der Waals surface area contributed by atoms with Crippen molar-refractivity contribution in [1.82, 2.24) is 24.9 Å². The molecule has 30 heavy (non-hydrogen) atoms. The molecule has 152 valence electrons. The maximum absolute atomic E-state index is 13.5. The zero-order chi connectivity index (χ0) is 21.1. The van der Waals surface area contributed by atoms with Crippen LogP contribution in [0.5, 0.6) is 5.88 Å². The van der Waals surface area contributed by atoms with Gasteiger partial charge in [-0.3, -0.25) is 4.79 Å². The smallest absolute Gasteiger partial charge is 0.256 e. The van der Waals surface area contributed by atoms with Crippen molar-refractivity contribution in [2.24, 2.45) is 0 Å². The van der Waals surface area contributed by atoms with Gasteiger partial charge in [-0.05, 0) is 50.5 Å². The largest absolute Gasteiger partial charge is 0.472 e. The van der Waals surface area contributed by atoms with E-state index in [9.17, 15) is 4.79 Å². The normalized spacial score (nSPS) is 18.6. The highest BCUT2D eigenvalue weighted by Gasteiger charge is 2.32. The fourth-order valence-electron chi connectivity index (χ4n) is 3.65. The lowest BCUT2D eigenvalue weighted by Gasteiger charge is -2.38. The van der Waals surface area contributed by atoms with Crippen LogP contribution in [0.2, 0.25) is 0 Å². The second-order valence-electron chi connectivity index (χ2n) is 7.46. The molecule has 4 rings (SSSR count). The minimum Gasteiger partial charge on any atom is -0.472 e. The van der Waals surface area contributed by atoms with Gasteiger partial charge in [-0.25, -0.2) is 4.98 Å². The summed E-state index contributed by atoms with van der Waals surface area (Å²) in [6.07, 6.45) is 6.17. The number of aromatic nitrogens is 4. The van der Waals surface area contributed by atoms with Crippen LogP contribution in [0.15, 0.2) is 48.9 Å². The molecule has 1 fully saturated rings. The first-order valence-electron chi connectivity index (χ1n) is 9.86. The summed E-state index contributed by atoms with van der Waals surface area (Å²) in [6, 6.07) is 11.1. The summed E-state index contributed by atoms with van der Waals surface area (Å²) in [5, 5.41) is 17.5. The first-order valence-corrected chi connectivity index (χ1v) is 9.86. The van der Waals surface area contributed by atoms with Gasteiger partial charge in [-0.1, -0.05) is 6.07 Å². The van der Waals surface area contributed by atoms with E-state index in [0.29, 0.717) is 29.2 Å². The third-order valence-electron chi connectivity index (χ3n) is 5.27. The Labute approximate surface area is 174 Å². The van der Waals surface area contributed by atoms with Crippen LogP contribution in [0.25, 0.3) is 5.69 Å². The van der Waals surface area contributed by atoms with E-state index in [0.717, 1.165) is 18.4 Å². The third kappa shape index (κ3) is 4.01. The van der Waals surface area contributed by atoms with Crippen molar-refractivity contribution in [3.8, 4) is 17.6 Å². The van der Waals surface area contributed by atoms with Gasteiger partial charge in [0.2, 0.25) is 5.88 Å². The SMILES string of the molecule is Cc1ccc(C(=O)N2C[C@H](Oc3cc(C#N)ccn3)CC[C@H]2C)c(-n2nccn2)c1. The Balaban J connectivity index is 1.57. The van der Waals surface area contributed by atoms with Crippen molar-refractivity contribution in [1.29, 1.82) is 5.26 Å². The fraction of sp³-hybridized carbons (Fsp3) is 0.318. The number of amides is 1. The molecule has 0 bridgehead atoms. The molecule has 0 aliphatic carbocycles. The maximum atomic E-state index is 13.5. The lowest BCUT2D eigenvalue weighted by molar-refractivity contribution is 0.0372. The summed E-state index contributed by atoms with van der Waals surface area (Å²) in [6.45, 7) is 4.46. The summed E-state index contributed by atoms with van der Waals surface area (Å²) in [7, 11) is 0. The van der Waals surface area contributed by atoms with E-state index >= 15 is 0 Å². The number of rotatable bonds is 4. The van der Waals surface area contributed by atoms with E-state index in [1.807, 2.05) is 36.9 Å². The molecule has 3 aromatic rings. The van der Waals surface area contributed by atoms with Gasteiger partial charge in [0.1, 0.15) is 6.10 Å². The van der Waals surface area contributed by atoms with Crippen LogP contribution in [0.4, 0.5) is 0 Å². The number of nitrogens with zero attached hydrogens (tertiary/aromatic N) is 6. The Bertz CT molecular complexity index is 1090. The van der Waals surface area contributed by atoms with Crippen molar-refractivity contribution in [2.45, 2.75) is 38.8 Å². The first-order chi connectivity index (χ1) is 14.5. The van der Waals surface area contributed by atoms with Crippen molar-refractivity contribution in [2.75, 3.05) is 6.54 Å². The Kier molecular flexibility index (Phi) is 5.44. The number of benzene rings is 1. The number of carbonyl (C=O) groups is 1. The molecule has 3 heterocycles. The molecule has 0 N–H and O–H groups in total. The highest BCUT2D eigenvalue weighted by Crippen LogP contribution is 2.25. The van der Waals surface area contributed by atoms with Crippen LogP contribution in [-0.2, 0) is 0 Å². The number of ether oxygens (including phenoxy) is 1. The van der Waals surface area contributed by atoms with Crippen LogP contribution in [-0.4, -0.2) is 49.5 Å². The van der Waals surface area contributed by atoms with Crippen molar-refractivity contribution in [3.05, 3.63) is 65.6 Å². The summed E-state index contributed by atoms with van der Waals surface area (Å²) in [5.41, 5.74) is 2.72. The zero-order valence-electron chi connectivity index (χ0n) is 16.9. The lowest BCUT2D eigenvalue weighted by atomic mass is 9.99. The summed E-state index contributed by atoms with van der Waals surface area (Å²) >= 11 is 0. The van der Waals surface area contributed by atoms with Gasteiger partial charge in [0, 0.05) is 18.3 Å². The molecule has 1 amide bonds. The predicted molar refractivity (Wildman–Crippen MR) is 109 cm³/mol. The van der Waals surface area contributed by atoms with E-state index in [2.05, 4.69) is 21.3 Å². The second-order valence-corrected chi connectivity index (χ2v) is 7.46. The summed E-state index contributed by atoms with van der Waals surface area (Å²) < 4.78 is 6.00. The van der Waals surface area contributed by atoms with Gasteiger partial charge in [0.05, 0.1) is 41.8 Å². The van der Waals surface area contributed by atoms with E-state index in [1.54, 1.807) is 30.7 Å². The molecule has 0 radical (unpaired) electrons. The van der Waals surface area contributed by atoms with Crippen LogP contribution in [0.3, 0.4) is 0 Å². The van der Waals surface area contributed by atoms with Crippen molar-refractivity contribution < 1.29 is 9.53 Å². The van der Waals surface area contributed by atoms with Crippen LogP contribution < -0.4 is 4.74 Å². The minimum atomic E-state index is -0.191. The van der Waals surface area contributed by atoms with Gasteiger partial charge >= 0.3 is 0 Å². The van der Waals surface area contributed by atoms with E-state index in [1.165, 1.54) is 4.80 Å². The third-order valence-corrected chi connectivity index (χ3v) is 5.27. The molecule has 8 heteroatoms. The Morgan fingerprint density at radius 3 is 2.73 bits per heavy atom. The average molecular weight is 402 g/mol. The molecule has 2 atom stereocenters. The number of piperidine rings is 1. The first kappa shape index (κ1) is 19.6. The highest BCUT2D eigenvalue weighted by molar-refractivity contribution is 5.98. The van der Waals surface area contributed by atoms with Gasteiger partial charge < -0.3 is 9.64 Å². The molecular formula is C22H22N6O2. The standard InChI is InChI=1S/C22H22N6O2/c1-15-3-6-19(20(11-15)28-25-9-10-26-28)22(29)27-14-18(5-4-16(27)2)30-21-12-17(13-23)7-8-24-21/h3,6-12,16,18H,4-5,14H2,1-2H3/t16-,18-/m1/s1. The summed E-state index contributed by atoms with van der Waals surface area (Å²) in [5.74, 6) is 0.319. The quantitative estimate of drug-likeness (QED) is 0.666. The minimum absolute atomic E-state index is 0.0792. The van der Waals surface area contributed by atoms with E-state index in [4.69, 9.17) is 10.00 Å². The molecule has 1 aromatic carbocycles. The van der Waals surface area contributed by atoms with E-state index in [-0.39, 0.29) is 18.1 Å². The highest BCUT2D eigenvalue weighted by atomic mass is 16.5. The van der Waals surface area contributed by atoms with Gasteiger partial charge in [-0.2, -0.15) is 20.3 Å². The fourth-order valence-corrected chi connectivity index (χ4v) is 3.65. The number of hydrogen-bond acceptors (Lipinski definition) is 6. The number of hydrogen-bond donors (Lipinski definition) is 0. The van der Waals surface area contributed by atoms with Gasteiger partial charge in [-0.15, -0.1) is 0 Å². The molecule has 2 aromatic heterocycles. The molecule has 0 unspecified atom stereocenters. The molecule has 0 saturated carbocycles. The number of carbonyl (C=O) groups excluding carboxylic acids is 1. The van der Waals surface area contributed by atoms with Crippen LogP contribution in [0, 0.1) is 18.3 Å². The predicted octanol–water partition coefficient (Wildman–Crippen LogP) is 2.91. The Morgan fingerprint density at radius 1 is 1.17 bits per heavy atom. The van der Waals surface area contributed by atoms with Crippen LogP contribution in [0.1, 0.15) is 41.3 Å². The number of aryl methyl sites for hydroxylation is 1. The van der Waals surface area contributed by atoms with Crippen molar-refractivity contribution >= 4 is 5.91 Å². The Morgan fingerprint density at radius 2 is 1.97 bits per heavy atom.